The van der Waals surface area contributed by atoms with Gasteiger partial charge in [-0.2, -0.15) is 0 Å². The molecule has 3 rings (SSSR count). The van der Waals surface area contributed by atoms with Crippen LogP contribution in [-0.2, 0) is 9.59 Å². The molecule has 160 valence electrons. The SMILES string of the molecule is C[C@@H]1[C@H](C)CCC[C@H]1NC(=O)C[NH+]1CC[NH+](CC(=O)Nc2cccc(F)c2)CC1. The number of carbonyl (C=O) groups is 2. The minimum atomic E-state index is -0.359. The average Bonchev–Trinajstić information content (AvgIpc) is 2.67. The molecule has 3 atom stereocenters. The summed E-state index contributed by atoms with van der Waals surface area (Å²) in [5.41, 5.74) is 0.488. The molecule has 0 unspecified atom stereocenters. The van der Waals surface area contributed by atoms with Crippen molar-refractivity contribution in [3.63, 3.8) is 0 Å². The Balaban J connectivity index is 1.36. The number of piperazine rings is 1. The Labute approximate surface area is 172 Å². The number of rotatable bonds is 6. The molecule has 1 aromatic carbocycles. The summed E-state index contributed by atoms with van der Waals surface area (Å²) in [6, 6.07) is 6.25. The molecule has 4 N–H and O–H groups in total. The van der Waals surface area contributed by atoms with Crippen molar-refractivity contribution in [3.8, 4) is 0 Å². The van der Waals surface area contributed by atoms with Crippen LogP contribution in [0.1, 0.15) is 33.1 Å². The molecule has 1 heterocycles. The Bertz CT molecular complexity index is 706. The van der Waals surface area contributed by atoms with Gasteiger partial charge in [0, 0.05) is 11.7 Å². The molecule has 1 aromatic rings. The quantitative estimate of drug-likeness (QED) is 0.514. The molecule has 1 saturated heterocycles. The van der Waals surface area contributed by atoms with Crippen molar-refractivity contribution < 1.29 is 23.8 Å². The van der Waals surface area contributed by atoms with Crippen LogP contribution in [0.4, 0.5) is 10.1 Å². The predicted octanol–water partition coefficient (Wildman–Crippen LogP) is -0.511. The van der Waals surface area contributed by atoms with Crippen molar-refractivity contribution in [2.75, 3.05) is 44.6 Å². The van der Waals surface area contributed by atoms with E-state index in [0.717, 1.165) is 32.6 Å². The zero-order valence-electron chi connectivity index (χ0n) is 17.6. The van der Waals surface area contributed by atoms with E-state index in [4.69, 9.17) is 0 Å². The third-order valence-corrected chi connectivity index (χ3v) is 6.65. The normalized spacial score (nSPS) is 29.8. The van der Waals surface area contributed by atoms with E-state index in [-0.39, 0.29) is 17.6 Å². The van der Waals surface area contributed by atoms with Crippen molar-refractivity contribution in [1.82, 2.24) is 5.32 Å². The van der Waals surface area contributed by atoms with E-state index in [2.05, 4.69) is 24.5 Å². The Morgan fingerprint density at radius 2 is 1.69 bits per heavy atom. The summed E-state index contributed by atoms with van der Waals surface area (Å²) in [6.07, 6.45) is 3.55. The Hall–Kier alpha value is -1.99. The molecule has 29 heavy (non-hydrogen) atoms. The van der Waals surface area contributed by atoms with E-state index >= 15 is 0 Å². The molecule has 2 aliphatic rings. The molecule has 0 radical (unpaired) electrons. The number of carbonyl (C=O) groups excluding carboxylic acids is 2. The van der Waals surface area contributed by atoms with Crippen molar-refractivity contribution in [2.45, 2.75) is 39.2 Å². The zero-order valence-corrected chi connectivity index (χ0v) is 17.6. The number of benzene rings is 1. The fraction of sp³-hybridized carbons (Fsp3) is 0.636. The molecule has 1 aliphatic carbocycles. The monoisotopic (exact) mass is 406 g/mol. The van der Waals surface area contributed by atoms with Gasteiger partial charge in [-0.15, -0.1) is 0 Å². The second kappa shape index (κ2) is 10.2. The zero-order chi connectivity index (χ0) is 20.8. The van der Waals surface area contributed by atoms with Gasteiger partial charge in [0.1, 0.15) is 32.0 Å². The van der Waals surface area contributed by atoms with Gasteiger partial charge in [-0.1, -0.05) is 32.8 Å². The lowest BCUT2D eigenvalue weighted by Gasteiger charge is -2.35. The van der Waals surface area contributed by atoms with Gasteiger partial charge >= 0.3 is 0 Å². The number of hydrogen-bond acceptors (Lipinski definition) is 2. The molecule has 2 amide bonds. The van der Waals surface area contributed by atoms with Crippen LogP contribution in [-0.4, -0.2) is 57.1 Å². The van der Waals surface area contributed by atoms with Gasteiger partial charge in [0.25, 0.3) is 11.8 Å². The lowest BCUT2D eigenvalue weighted by atomic mass is 9.78. The fourth-order valence-corrected chi connectivity index (χ4v) is 4.58. The van der Waals surface area contributed by atoms with Crippen molar-refractivity contribution >= 4 is 17.5 Å². The summed E-state index contributed by atoms with van der Waals surface area (Å²) >= 11 is 0. The summed E-state index contributed by atoms with van der Waals surface area (Å²) in [7, 11) is 0. The molecule has 0 bridgehead atoms. The van der Waals surface area contributed by atoms with Gasteiger partial charge in [-0.3, -0.25) is 9.59 Å². The summed E-state index contributed by atoms with van der Waals surface area (Å²) in [5.74, 6) is 0.904. The first-order valence-corrected chi connectivity index (χ1v) is 10.9. The first-order chi connectivity index (χ1) is 13.9. The van der Waals surface area contributed by atoms with E-state index < -0.39 is 0 Å². The van der Waals surface area contributed by atoms with Crippen LogP contribution in [0, 0.1) is 17.7 Å². The minimum Gasteiger partial charge on any atom is -0.348 e. The maximum atomic E-state index is 13.2. The second-order valence-electron chi connectivity index (χ2n) is 8.85. The Morgan fingerprint density at radius 3 is 2.34 bits per heavy atom. The highest BCUT2D eigenvalue weighted by atomic mass is 19.1. The Kier molecular flexibility index (Phi) is 7.61. The van der Waals surface area contributed by atoms with E-state index in [1.165, 1.54) is 34.8 Å². The van der Waals surface area contributed by atoms with Crippen molar-refractivity contribution in [2.24, 2.45) is 11.8 Å². The van der Waals surface area contributed by atoms with E-state index in [0.29, 0.717) is 36.7 Å². The van der Waals surface area contributed by atoms with Gasteiger partial charge in [-0.25, -0.2) is 4.39 Å². The van der Waals surface area contributed by atoms with Crippen LogP contribution in [0.2, 0.25) is 0 Å². The third-order valence-electron chi connectivity index (χ3n) is 6.65. The first-order valence-electron chi connectivity index (χ1n) is 10.9. The number of quaternary nitrogens is 2. The minimum absolute atomic E-state index is 0.104. The van der Waals surface area contributed by atoms with Crippen LogP contribution in [0.5, 0.6) is 0 Å². The number of hydrogen-bond donors (Lipinski definition) is 4. The largest absolute Gasteiger partial charge is 0.348 e. The molecule has 0 spiro atoms. The van der Waals surface area contributed by atoms with E-state index in [9.17, 15) is 14.0 Å². The first kappa shape index (κ1) is 21.7. The van der Waals surface area contributed by atoms with E-state index in [1.807, 2.05) is 0 Å². The summed E-state index contributed by atoms with van der Waals surface area (Å²) in [6.45, 7) is 8.89. The lowest BCUT2D eigenvalue weighted by Crippen LogP contribution is -3.28. The van der Waals surface area contributed by atoms with Crippen molar-refractivity contribution in [3.05, 3.63) is 30.1 Å². The maximum Gasteiger partial charge on any atom is 0.279 e. The van der Waals surface area contributed by atoms with E-state index in [1.54, 1.807) is 12.1 Å². The molecule has 0 aromatic heterocycles. The second-order valence-corrected chi connectivity index (χ2v) is 8.85. The fourth-order valence-electron chi connectivity index (χ4n) is 4.58. The van der Waals surface area contributed by atoms with Gasteiger partial charge in [-0.05, 0) is 36.5 Å². The highest BCUT2D eigenvalue weighted by Gasteiger charge is 2.30. The topological polar surface area (TPSA) is 67.1 Å². The standard InChI is InChI=1S/C22H33FN4O2/c1-16-5-3-8-20(17(16)2)25-22(29)15-27-11-9-26(10-12-27)14-21(28)24-19-7-4-6-18(23)13-19/h4,6-7,13,16-17,20H,3,5,8-12,14-15H2,1-2H3,(H,24,28)(H,25,29)/p+2/t16-,17-,20-/m1/s1. The average molecular weight is 407 g/mol. The highest BCUT2D eigenvalue weighted by molar-refractivity contribution is 5.91. The molecular weight excluding hydrogens is 371 g/mol. The van der Waals surface area contributed by atoms with Crippen LogP contribution < -0.4 is 20.4 Å². The smallest absolute Gasteiger partial charge is 0.279 e. The maximum absolute atomic E-state index is 13.2. The van der Waals surface area contributed by atoms with Gasteiger partial charge in [0.05, 0.1) is 0 Å². The van der Waals surface area contributed by atoms with Crippen LogP contribution in [0.3, 0.4) is 0 Å². The summed E-state index contributed by atoms with van der Waals surface area (Å²) in [4.78, 5) is 27.2. The molecule has 1 saturated carbocycles. The number of halogens is 1. The molecular formula is C22H35FN4O2+2. The third kappa shape index (κ3) is 6.51. The van der Waals surface area contributed by atoms with Crippen LogP contribution >= 0.6 is 0 Å². The lowest BCUT2D eigenvalue weighted by molar-refractivity contribution is -1.00. The predicted molar refractivity (Wildman–Crippen MR) is 110 cm³/mol. The van der Waals surface area contributed by atoms with Gasteiger partial charge < -0.3 is 20.4 Å². The molecule has 6 nitrogen and oxygen atoms in total. The van der Waals surface area contributed by atoms with Crippen LogP contribution in [0.15, 0.2) is 24.3 Å². The van der Waals surface area contributed by atoms with Gasteiger partial charge in [0.15, 0.2) is 13.1 Å². The number of amides is 2. The number of anilines is 1. The Morgan fingerprint density at radius 1 is 1.03 bits per heavy atom. The van der Waals surface area contributed by atoms with Gasteiger partial charge in [0.2, 0.25) is 0 Å². The van der Waals surface area contributed by atoms with Crippen molar-refractivity contribution in [1.29, 1.82) is 0 Å². The molecule has 1 aliphatic heterocycles. The molecule has 2 fully saturated rings. The molecule has 7 heteroatoms. The van der Waals surface area contributed by atoms with Crippen LogP contribution in [0.25, 0.3) is 0 Å². The number of nitrogens with one attached hydrogen (secondary N) is 4. The summed E-state index contributed by atoms with van der Waals surface area (Å²) < 4.78 is 13.2. The summed E-state index contributed by atoms with van der Waals surface area (Å²) in [5, 5.41) is 6.02. The highest BCUT2D eigenvalue weighted by Crippen LogP contribution is 2.29.